The van der Waals surface area contributed by atoms with Gasteiger partial charge in [0.1, 0.15) is 0 Å². The van der Waals surface area contributed by atoms with Gasteiger partial charge < -0.3 is 15.1 Å². The first-order valence-corrected chi connectivity index (χ1v) is 12.5. The maximum atomic E-state index is 12.5. The minimum atomic E-state index is -3.37. The van der Waals surface area contributed by atoms with Crippen molar-refractivity contribution in [3.8, 4) is 10.8 Å². The van der Waals surface area contributed by atoms with Gasteiger partial charge in [-0.2, -0.15) is 0 Å². The Balaban J connectivity index is 1.90. The van der Waals surface area contributed by atoms with E-state index in [0.29, 0.717) is 23.7 Å². The molecular formula is C22H26N6O3S2. The van der Waals surface area contributed by atoms with Gasteiger partial charge in [-0.15, -0.1) is 21.5 Å². The van der Waals surface area contributed by atoms with Gasteiger partial charge in [0.15, 0.2) is 21.4 Å². The molecule has 0 aliphatic heterocycles. The molecule has 174 valence electrons. The van der Waals surface area contributed by atoms with Gasteiger partial charge in [0.05, 0.1) is 15.5 Å². The molecular weight excluding hydrogens is 460 g/mol. The molecule has 2 aromatic heterocycles. The first kappa shape index (κ1) is 24.5. The molecule has 0 aliphatic rings. The van der Waals surface area contributed by atoms with Crippen molar-refractivity contribution in [3.05, 3.63) is 58.6 Å². The standard InChI is InChI=1S/C22H26N6O3S2/c1-14-10-12-32-19(14)22-27-26-21(31-22)18(20(23)24-3)25-15(2)16-6-8-17(9-7-16)33(29,30)13-11-28(4)5/h6-10,12H,3,11,13,23H2,1-2,4-5H3/b20-18-,25-15+. The molecule has 3 rings (SSSR count). The summed E-state index contributed by atoms with van der Waals surface area (Å²) >= 11 is 1.49. The monoisotopic (exact) mass is 486 g/mol. The largest absolute Gasteiger partial charge is 0.414 e. The average Bonchev–Trinajstić information content (AvgIpc) is 3.44. The topological polar surface area (TPSA) is 127 Å². The van der Waals surface area contributed by atoms with Crippen LogP contribution in [0.2, 0.25) is 0 Å². The number of nitrogens with two attached hydrogens (primary N) is 1. The highest BCUT2D eigenvalue weighted by Gasteiger charge is 2.19. The van der Waals surface area contributed by atoms with E-state index in [1.807, 2.05) is 37.4 Å². The van der Waals surface area contributed by atoms with Gasteiger partial charge >= 0.3 is 0 Å². The van der Waals surface area contributed by atoms with E-state index in [2.05, 4.69) is 26.9 Å². The number of hydrogen-bond acceptors (Lipinski definition) is 10. The maximum Gasteiger partial charge on any atom is 0.270 e. The number of nitrogens with zero attached hydrogens (tertiary/aromatic N) is 5. The van der Waals surface area contributed by atoms with Crippen molar-refractivity contribution < 1.29 is 12.8 Å². The van der Waals surface area contributed by atoms with E-state index >= 15 is 0 Å². The van der Waals surface area contributed by atoms with Crippen LogP contribution in [-0.2, 0) is 9.84 Å². The highest BCUT2D eigenvalue weighted by atomic mass is 32.2. The molecule has 11 heteroatoms. The maximum absolute atomic E-state index is 12.5. The molecule has 2 heterocycles. The highest BCUT2D eigenvalue weighted by Crippen LogP contribution is 2.30. The lowest BCUT2D eigenvalue weighted by molar-refractivity contribution is 0.432. The van der Waals surface area contributed by atoms with Crippen LogP contribution in [0.4, 0.5) is 0 Å². The summed E-state index contributed by atoms with van der Waals surface area (Å²) in [6, 6.07) is 8.51. The molecule has 0 saturated carbocycles. The summed E-state index contributed by atoms with van der Waals surface area (Å²) in [6.45, 7) is 7.64. The summed E-state index contributed by atoms with van der Waals surface area (Å²) in [7, 11) is 0.299. The number of rotatable bonds is 9. The van der Waals surface area contributed by atoms with E-state index in [4.69, 9.17) is 10.2 Å². The molecule has 0 atom stereocenters. The predicted molar refractivity (Wildman–Crippen MR) is 132 cm³/mol. The van der Waals surface area contributed by atoms with Crippen molar-refractivity contribution in [2.24, 2.45) is 15.7 Å². The fraction of sp³-hybridized carbons (Fsp3) is 0.273. The van der Waals surface area contributed by atoms with Gasteiger partial charge in [0.2, 0.25) is 0 Å². The normalized spacial score (nSPS) is 13.3. The zero-order valence-electron chi connectivity index (χ0n) is 18.9. The third-order valence-corrected chi connectivity index (χ3v) is 7.53. The first-order chi connectivity index (χ1) is 15.6. The third-order valence-electron chi connectivity index (χ3n) is 4.81. The second-order valence-electron chi connectivity index (χ2n) is 7.58. The van der Waals surface area contributed by atoms with Crippen molar-refractivity contribution in [2.45, 2.75) is 18.7 Å². The van der Waals surface area contributed by atoms with E-state index in [1.54, 1.807) is 31.2 Å². The highest BCUT2D eigenvalue weighted by molar-refractivity contribution is 7.91. The van der Waals surface area contributed by atoms with Crippen molar-refractivity contribution in [2.75, 3.05) is 26.4 Å². The van der Waals surface area contributed by atoms with Gasteiger partial charge in [-0.3, -0.25) is 0 Å². The molecule has 0 unspecified atom stereocenters. The Labute approximate surface area is 197 Å². The van der Waals surface area contributed by atoms with Crippen LogP contribution in [0.3, 0.4) is 0 Å². The van der Waals surface area contributed by atoms with E-state index < -0.39 is 9.84 Å². The summed E-state index contributed by atoms with van der Waals surface area (Å²) < 4.78 is 30.8. The summed E-state index contributed by atoms with van der Waals surface area (Å²) in [5, 5.41) is 10.1. The van der Waals surface area contributed by atoms with Gasteiger partial charge in [0, 0.05) is 12.3 Å². The molecule has 2 N–H and O–H groups in total. The Morgan fingerprint density at radius 2 is 1.91 bits per heavy atom. The first-order valence-electron chi connectivity index (χ1n) is 10.0. The number of sulfone groups is 1. The Hall–Kier alpha value is -3.15. The van der Waals surface area contributed by atoms with Gasteiger partial charge in [-0.25, -0.2) is 18.4 Å². The minimum absolute atomic E-state index is 0.0373. The predicted octanol–water partition coefficient (Wildman–Crippen LogP) is 3.24. The number of aryl methyl sites for hydroxylation is 1. The molecule has 0 bridgehead atoms. The third kappa shape index (κ3) is 5.81. The Kier molecular flexibility index (Phi) is 7.57. The molecule has 1 aromatic carbocycles. The fourth-order valence-electron chi connectivity index (χ4n) is 2.85. The molecule has 0 spiro atoms. The lowest BCUT2D eigenvalue weighted by atomic mass is 10.1. The summed E-state index contributed by atoms with van der Waals surface area (Å²) in [5.41, 5.74) is 8.51. The number of benzene rings is 1. The number of aromatic nitrogens is 2. The molecule has 33 heavy (non-hydrogen) atoms. The van der Waals surface area contributed by atoms with Crippen molar-refractivity contribution in [1.82, 2.24) is 15.1 Å². The Morgan fingerprint density at radius 1 is 1.21 bits per heavy atom. The lowest BCUT2D eigenvalue weighted by Gasteiger charge is -2.10. The summed E-state index contributed by atoms with van der Waals surface area (Å²) in [4.78, 5) is 11.3. The quantitative estimate of drug-likeness (QED) is 0.460. The van der Waals surface area contributed by atoms with E-state index in [1.165, 1.54) is 11.3 Å². The lowest BCUT2D eigenvalue weighted by Crippen LogP contribution is -2.22. The van der Waals surface area contributed by atoms with Crippen LogP contribution in [0.15, 0.2) is 60.8 Å². The van der Waals surface area contributed by atoms with Crippen LogP contribution in [0, 0.1) is 6.92 Å². The molecule has 0 aliphatic carbocycles. The average molecular weight is 487 g/mol. The molecule has 0 radical (unpaired) electrons. The summed E-state index contributed by atoms with van der Waals surface area (Å²) in [5.74, 6) is 0.566. The van der Waals surface area contributed by atoms with Crippen LogP contribution >= 0.6 is 11.3 Å². The van der Waals surface area contributed by atoms with Gasteiger partial charge in [0.25, 0.3) is 11.8 Å². The van der Waals surface area contributed by atoms with Crippen LogP contribution in [-0.4, -0.2) is 62.3 Å². The Bertz CT molecular complexity index is 1300. The second-order valence-corrected chi connectivity index (χ2v) is 10.6. The van der Waals surface area contributed by atoms with Crippen LogP contribution in [0.25, 0.3) is 16.5 Å². The van der Waals surface area contributed by atoms with Crippen molar-refractivity contribution in [1.29, 1.82) is 0 Å². The molecule has 0 saturated heterocycles. The summed E-state index contributed by atoms with van der Waals surface area (Å²) in [6.07, 6.45) is 0. The van der Waals surface area contributed by atoms with Gasteiger partial charge in [-0.1, -0.05) is 12.1 Å². The van der Waals surface area contributed by atoms with Crippen LogP contribution in [0.5, 0.6) is 0 Å². The molecule has 0 fully saturated rings. The van der Waals surface area contributed by atoms with Crippen LogP contribution in [0.1, 0.15) is 23.9 Å². The number of aliphatic imine (C=N–C) groups is 2. The Morgan fingerprint density at radius 3 is 2.48 bits per heavy atom. The van der Waals surface area contributed by atoms with Crippen molar-refractivity contribution >= 4 is 39.3 Å². The number of thiophene rings is 1. The van der Waals surface area contributed by atoms with Gasteiger partial charge in [-0.05, 0) is 69.4 Å². The SMILES string of the molecule is C=N/C(N)=C(\N=C(/C)c1ccc(S(=O)(=O)CCN(C)C)cc1)c1nnc(-c2sccc2C)o1. The molecule has 3 aromatic rings. The molecule has 0 amide bonds. The second kappa shape index (κ2) is 10.2. The van der Waals surface area contributed by atoms with E-state index in [-0.39, 0.29) is 28.1 Å². The van der Waals surface area contributed by atoms with E-state index in [9.17, 15) is 8.42 Å². The van der Waals surface area contributed by atoms with Crippen molar-refractivity contribution in [3.63, 3.8) is 0 Å². The van der Waals surface area contributed by atoms with E-state index in [0.717, 1.165) is 10.4 Å². The zero-order valence-corrected chi connectivity index (χ0v) is 20.6. The zero-order chi connectivity index (χ0) is 24.2. The minimum Gasteiger partial charge on any atom is -0.414 e. The fourth-order valence-corrected chi connectivity index (χ4v) is 5.09. The number of hydrogen-bond donors (Lipinski definition) is 1. The molecule has 9 nitrogen and oxygen atoms in total. The smallest absolute Gasteiger partial charge is 0.270 e. The van der Waals surface area contributed by atoms with Crippen LogP contribution < -0.4 is 5.73 Å².